The van der Waals surface area contributed by atoms with Gasteiger partial charge in [-0.25, -0.2) is 0 Å². The number of nitrogens with zero attached hydrogens (tertiary/aromatic N) is 1. The van der Waals surface area contributed by atoms with E-state index in [1.54, 1.807) is 29.2 Å². The summed E-state index contributed by atoms with van der Waals surface area (Å²) >= 11 is 5.83. The van der Waals surface area contributed by atoms with Crippen molar-refractivity contribution in [2.45, 2.75) is 26.2 Å². The third kappa shape index (κ3) is 5.52. The monoisotopic (exact) mass is 337 g/mol. The zero-order valence-corrected chi connectivity index (χ0v) is 14.2. The van der Waals surface area contributed by atoms with Crippen LogP contribution in [0.1, 0.15) is 26.2 Å². The van der Waals surface area contributed by atoms with Gasteiger partial charge in [0.25, 0.3) is 0 Å². The zero-order chi connectivity index (χ0) is 16.7. The van der Waals surface area contributed by atoms with Crippen LogP contribution in [0.2, 0.25) is 5.02 Å². The van der Waals surface area contributed by atoms with Crippen LogP contribution in [-0.2, 0) is 9.59 Å². The van der Waals surface area contributed by atoms with E-state index in [0.29, 0.717) is 23.8 Å². The summed E-state index contributed by atoms with van der Waals surface area (Å²) in [6, 6.07) is 6.94. The Morgan fingerprint density at radius 1 is 1.35 bits per heavy atom. The number of piperidine rings is 1. The van der Waals surface area contributed by atoms with Crippen molar-refractivity contribution >= 4 is 29.1 Å². The van der Waals surface area contributed by atoms with Crippen molar-refractivity contribution in [3.05, 3.63) is 29.3 Å². The van der Waals surface area contributed by atoms with E-state index in [1.807, 2.05) is 6.92 Å². The van der Waals surface area contributed by atoms with Gasteiger partial charge in [0.1, 0.15) is 0 Å². The van der Waals surface area contributed by atoms with Crippen LogP contribution >= 0.6 is 11.6 Å². The van der Waals surface area contributed by atoms with Gasteiger partial charge in [0.05, 0.1) is 12.5 Å². The van der Waals surface area contributed by atoms with Crippen LogP contribution in [-0.4, -0.2) is 42.9 Å². The fourth-order valence-corrected chi connectivity index (χ4v) is 2.89. The molecule has 0 spiro atoms. The Kier molecular flexibility index (Phi) is 6.86. The molecule has 1 fully saturated rings. The zero-order valence-electron chi connectivity index (χ0n) is 13.5. The van der Waals surface area contributed by atoms with Gasteiger partial charge in [-0.15, -0.1) is 0 Å². The van der Waals surface area contributed by atoms with Crippen LogP contribution in [0.4, 0.5) is 5.69 Å². The summed E-state index contributed by atoms with van der Waals surface area (Å²) in [5.74, 6) is -0.123. The summed E-state index contributed by atoms with van der Waals surface area (Å²) < 4.78 is 0. The van der Waals surface area contributed by atoms with Crippen molar-refractivity contribution in [3.63, 3.8) is 0 Å². The average Bonchev–Trinajstić information content (AvgIpc) is 2.57. The SMILES string of the molecule is CCCN(CC(=O)Nc1ccc(Cl)cc1)C(=O)C1CCCNC1. The molecule has 2 N–H and O–H groups in total. The normalized spacial score (nSPS) is 17.6. The van der Waals surface area contributed by atoms with Gasteiger partial charge in [0.15, 0.2) is 0 Å². The smallest absolute Gasteiger partial charge is 0.243 e. The van der Waals surface area contributed by atoms with Gasteiger partial charge >= 0.3 is 0 Å². The van der Waals surface area contributed by atoms with E-state index in [9.17, 15) is 9.59 Å². The molecule has 1 saturated heterocycles. The van der Waals surface area contributed by atoms with Gasteiger partial charge in [-0.3, -0.25) is 9.59 Å². The standard InChI is InChI=1S/C17H24ClN3O2/c1-2-10-21(17(23)13-4-3-9-19-11-13)12-16(22)20-15-7-5-14(18)6-8-15/h5-8,13,19H,2-4,9-12H2,1H3,(H,20,22). The lowest BCUT2D eigenvalue weighted by Gasteiger charge is -2.29. The lowest BCUT2D eigenvalue weighted by molar-refractivity contribution is -0.138. The maximum atomic E-state index is 12.6. The van der Waals surface area contributed by atoms with Crippen molar-refractivity contribution in [1.82, 2.24) is 10.2 Å². The highest BCUT2D eigenvalue weighted by atomic mass is 35.5. The summed E-state index contributed by atoms with van der Waals surface area (Å²) in [7, 11) is 0. The minimum Gasteiger partial charge on any atom is -0.333 e. The van der Waals surface area contributed by atoms with E-state index in [4.69, 9.17) is 11.6 Å². The average molecular weight is 338 g/mol. The Morgan fingerprint density at radius 3 is 2.70 bits per heavy atom. The number of carbonyl (C=O) groups excluding carboxylic acids is 2. The van der Waals surface area contributed by atoms with Crippen molar-refractivity contribution in [1.29, 1.82) is 0 Å². The molecule has 5 nitrogen and oxygen atoms in total. The number of carbonyl (C=O) groups is 2. The summed E-state index contributed by atoms with van der Waals surface area (Å²) in [4.78, 5) is 26.5. The predicted molar refractivity (Wildman–Crippen MR) is 92.5 cm³/mol. The molecule has 0 bridgehead atoms. The second-order valence-corrected chi connectivity index (χ2v) is 6.29. The minimum absolute atomic E-state index is 0.0152. The van der Waals surface area contributed by atoms with Crippen LogP contribution in [0.15, 0.2) is 24.3 Å². The van der Waals surface area contributed by atoms with E-state index >= 15 is 0 Å². The molecule has 1 unspecified atom stereocenters. The fraction of sp³-hybridized carbons (Fsp3) is 0.529. The van der Waals surface area contributed by atoms with Crippen molar-refractivity contribution in [2.24, 2.45) is 5.92 Å². The first-order valence-corrected chi connectivity index (χ1v) is 8.53. The molecule has 0 saturated carbocycles. The van der Waals surface area contributed by atoms with Gasteiger partial charge in [-0.05, 0) is 50.1 Å². The number of anilines is 1. The Bertz CT molecular complexity index is 527. The minimum atomic E-state index is -0.183. The lowest BCUT2D eigenvalue weighted by atomic mass is 9.98. The van der Waals surface area contributed by atoms with Crippen LogP contribution in [0.5, 0.6) is 0 Å². The maximum Gasteiger partial charge on any atom is 0.243 e. The summed E-state index contributed by atoms with van der Waals surface area (Å²) in [5, 5.41) is 6.68. The summed E-state index contributed by atoms with van der Waals surface area (Å²) in [6.45, 7) is 4.37. The number of halogens is 1. The topological polar surface area (TPSA) is 61.4 Å². The van der Waals surface area contributed by atoms with E-state index in [2.05, 4.69) is 10.6 Å². The third-order valence-electron chi connectivity index (χ3n) is 3.91. The lowest BCUT2D eigenvalue weighted by Crippen LogP contribution is -2.46. The highest BCUT2D eigenvalue weighted by molar-refractivity contribution is 6.30. The Labute approximate surface area is 142 Å². The van der Waals surface area contributed by atoms with Gasteiger partial charge < -0.3 is 15.5 Å². The summed E-state index contributed by atoms with van der Waals surface area (Å²) in [6.07, 6.45) is 2.73. The second kappa shape index (κ2) is 8.89. The second-order valence-electron chi connectivity index (χ2n) is 5.86. The molecule has 1 aromatic rings. The molecule has 1 aromatic carbocycles. The highest BCUT2D eigenvalue weighted by Gasteiger charge is 2.26. The molecular weight excluding hydrogens is 314 g/mol. The van der Waals surface area contributed by atoms with Gasteiger partial charge in [0, 0.05) is 23.8 Å². The van der Waals surface area contributed by atoms with Crippen molar-refractivity contribution < 1.29 is 9.59 Å². The molecule has 6 heteroatoms. The number of amides is 2. The number of hydrogen-bond acceptors (Lipinski definition) is 3. The molecule has 1 atom stereocenters. The number of rotatable bonds is 6. The molecule has 0 aromatic heterocycles. The van der Waals surface area contributed by atoms with E-state index in [1.165, 1.54) is 0 Å². The van der Waals surface area contributed by atoms with E-state index in [0.717, 1.165) is 25.8 Å². The molecule has 1 aliphatic rings. The van der Waals surface area contributed by atoms with Crippen LogP contribution in [0.3, 0.4) is 0 Å². The van der Waals surface area contributed by atoms with Gasteiger partial charge in [-0.1, -0.05) is 18.5 Å². The van der Waals surface area contributed by atoms with Crippen molar-refractivity contribution in [2.75, 3.05) is 31.5 Å². The third-order valence-corrected chi connectivity index (χ3v) is 4.17. The van der Waals surface area contributed by atoms with Crippen molar-refractivity contribution in [3.8, 4) is 0 Å². The molecule has 23 heavy (non-hydrogen) atoms. The van der Waals surface area contributed by atoms with Gasteiger partial charge in [0.2, 0.25) is 11.8 Å². The first kappa shape index (κ1) is 17.8. The van der Waals surface area contributed by atoms with E-state index < -0.39 is 0 Å². The molecular formula is C17H24ClN3O2. The molecule has 126 valence electrons. The molecule has 0 radical (unpaired) electrons. The summed E-state index contributed by atoms with van der Waals surface area (Å²) in [5.41, 5.74) is 0.683. The fourth-order valence-electron chi connectivity index (χ4n) is 2.76. The van der Waals surface area contributed by atoms with Crippen LogP contribution in [0, 0.1) is 5.92 Å². The number of nitrogens with one attached hydrogen (secondary N) is 2. The van der Waals surface area contributed by atoms with Crippen LogP contribution < -0.4 is 10.6 Å². The quantitative estimate of drug-likeness (QED) is 0.838. The number of hydrogen-bond donors (Lipinski definition) is 2. The maximum absolute atomic E-state index is 12.6. The highest BCUT2D eigenvalue weighted by Crippen LogP contribution is 2.15. The molecule has 0 aliphatic carbocycles. The molecule has 1 aliphatic heterocycles. The predicted octanol–water partition coefficient (Wildman–Crippen LogP) is 2.52. The number of benzene rings is 1. The first-order chi connectivity index (χ1) is 11.1. The first-order valence-electron chi connectivity index (χ1n) is 8.15. The Morgan fingerprint density at radius 2 is 2.09 bits per heavy atom. The Hall–Kier alpha value is -1.59. The van der Waals surface area contributed by atoms with Gasteiger partial charge in [-0.2, -0.15) is 0 Å². The van der Waals surface area contributed by atoms with E-state index in [-0.39, 0.29) is 24.3 Å². The van der Waals surface area contributed by atoms with Crippen LogP contribution in [0.25, 0.3) is 0 Å². The molecule has 2 amide bonds. The molecule has 1 heterocycles. The largest absolute Gasteiger partial charge is 0.333 e. The Balaban J connectivity index is 1.93. The molecule has 2 rings (SSSR count).